The molecule has 2 heterocycles. The summed E-state index contributed by atoms with van der Waals surface area (Å²) in [6.45, 7) is 3.70. The Morgan fingerprint density at radius 1 is 1.07 bits per heavy atom. The van der Waals surface area contributed by atoms with Crippen LogP contribution in [-0.4, -0.2) is 25.8 Å². The molecule has 0 radical (unpaired) electrons. The topological polar surface area (TPSA) is 84.7 Å². The number of nitrogens with zero attached hydrogens (tertiary/aromatic N) is 4. The molecule has 3 rings (SSSR count). The number of benzene rings is 1. The van der Waals surface area contributed by atoms with Crippen molar-refractivity contribution in [2.24, 2.45) is 0 Å². The number of urea groups is 1. The molecule has 7 nitrogen and oxygen atoms in total. The quantitative estimate of drug-likeness (QED) is 0.725. The second kappa shape index (κ2) is 7.06. The van der Waals surface area contributed by atoms with Crippen LogP contribution >= 0.6 is 0 Å². The van der Waals surface area contributed by atoms with Crippen LogP contribution in [0.3, 0.4) is 0 Å². The Balaban J connectivity index is 1.74. The average Bonchev–Trinajstić information content (AvgIpc) is 2.93. The number of amides is 2. The van der Waals surface area contributed by atoms with Gasteiger partial charge in [-0.1, -0.05) is 6.07 Å². The summed E-state index contributed by atoms with van der Waals surface area (Å²) in [7, 11) is 0. The molecule has 0 atom stereocenters. The van der Waals surface area contributed by atoms with Crippen molar-refractivity contribution in [3.05, 3.63) is 59.7 Å². The summed E-state index contributed by atoms with van der Waals surface area (Å²) in [5, 5.41) is 9.10. The maximum atomic E-state index is 12.7. The first-order valence-corrected chi connectivity index (χ1v) is 7.83. The standard InChI is InChI=1S/C17H15F3N6O/c1-10-6-11(2)26(25-10)15-8-14(21-9-22-15)24-16(27)23-13-5-3-4-12(7-13)17(18,19)20/h3-9H,1-2H3,(H2,21,22,23,24,27). The summed E-state index contributed by atoms with van der Waals surface area (Å²) in [5.41, 5.74) is 0.817. The van der Waals surface area contributed by atoms with Crippen LogP contribution in [-0.2, 0) is 6.18 Å². The van der Waals surface area contributed by atoms with Gasteiger partial charge in [0.2, 0.25) is 0 Å². The maximum Gasteiger partial charge on any atom is 0.416 e. The van der Waals surface area contributed by atoms with Crippen LogP contribution in [0.5, 0.6) is 0 Å². The number of aromatic nitrogens is 4. The average molecular weight is 376 g/mol. The molecular formula is C17H15F3N6O. The van der Waals surface area contributed by atoms with E-state index in [-0.39, 0.29) is 11.5 Å². The normalized spacial score (nSPS) is 11.3. The van der Waals surface area contributed by atoms with E-state index in [2.05, 4.69) is 25.7 Å². The van der Waals surface area contributed by atoms with Crippen LogP contribution in [0.1, 0.15) is 17.0 Å². The molecule has 2 N–H and O–H groups in total. The number of carbonyl (C=O) groups excluding carboxylic acids is 1. The summed E-state index contributed by atoms with van der Waals surface area (Å²) in [4.78, 5) is 20.1. The molecule has 0 saturated heterocycles. The molecule has 3 aromatic rings. The Hall–Kier alpha value is -3.43. The molecule has 0 saturated carbocycles. The van der Waals surface area contributed by atoms with Gasteiger partial charge in [-0.25, -0.2) is 19.4 Å². The van der Waals surface area contributed by atoms with Gasteiger partial charge in [0.05, 0.1) is 11.3 Å². The molecule has 2 aromatic heterocycles. The number of alkyl halides is 3. The summed E-state index contributed by atoms with van der Waals surface area (Å²) in [6, 6.07) is 6.99. The molecule has 0 aliphatic heterocycles. The van der Waals surface area contributed by atoms with E-state index in [1.807, 2.05) is 19.9 Å². The fourth-order valence-corrected chi connectivity index (χ4v) is 2.44. The number of hydrogen-bond donors (Lipinski definition) is 2. The fourth-order valence-electron chi connectivity index (χ4n) is 2.44. The van der Waals surface area contributed by atoms with Gasteiger partial charge < -0.3 is 5.32 Å². The third-order valence-electron chi connectivity index (χ3n) is 3.57. The molecule has 0 fully saturated rings. The van der Waals surface area contributed by atoms with Gasteiger partial charge in [0, 0.05) is 17.4 Å². The predicted molar refractivity (Wildman–Crippen MR) is 92.7 cm³/mol. The van der Waals surface area contributed by atoms with Gasteiger partial charge in [0.25, 0.3) is 0 Å². The van der Waals surface area contributed by atoms with Crippen LogP contribution in [0, 0.1) is 13.8 Å². The number of rotatable bonds is 3. The van der Waals surface area contributed by atoms with Gasteiger partial charge >= 0.3 is 12.2 Å². The fraction of sp³-hybridized carbons (Fsp3) is 0.176. The van der Waals surface area contributed by atoms with Crippen molar-refractivity contribution >= 4 is 17.5 Å². The molecule has 140 valence electrons. The van der Waals surface area contributed by atoms with Gasteiger partial charge in [-0.05, 0) is 38.1 Å². The molecule has 0 aliphatic carbocycles. The zero-order valence-electron chi connectivity index (χ0n) is 14.4. The highest BCUT2D eigenvalue weighted by Crippen LogP contribution is 2.30. The summed E-state index contributed by atoms with van der Waals surface area (Å²) in [6.07, 6.45) is -3.23. The zero-order valence-corrected chi connectivity index (χ0v) is 14.4. The van der Waals surface area contributed by atoms with Crippen LogP contribution in [0.2, 0.25) is 0 Å². The molecule has 1 aromatic carbocycles. The molecule has 27 heavy (non-hydrogen) atoms. The van der Waals surface area contributed by atoms with Crippen molar-refractivity contribution in [3.8, 4) is 5.82 Å². The minimum atomic E-state index is -4.49. The van der Waals surface area contributed by atoms with Gasteiger partial charge in [-0.15, -0.1) is 0 Å². The van der Waals surface area contributed by atoms with E-state index in [0.717, 1.165) is 23.5 Å². The van der Waals surface area contributed by atoms with Crippen molar-refractivity contribution in [3.63, 3.8) is 0 Å². The number of hydrogen-bond acceptors (Lipinski definition) is 4. The number of anilines is 2. The third-order valence-corrected chi connectivity index (χ3v) is 3.57. The van der Waals surface area contributed by atoms with Crippen LogP contribution in [0.25, 0.3) is 5.82 Å². The predicted octanol–water partition coefficient (Wildman–Crippen LogP) is 3.94. The molecule has 0 unspecified atom stereocenters. The molecule has 0 spiro atoms. The smallest absolute Gasteiger partial charge is 0.308 e. The van der Waals surface area contributed by atoms with Crippen molar-refractivity contribution in [2.45, 2.75) is 20.0 Å². The first kappa shape index (κ1) is 18.4. The van der Waals surface area contributed by atoms with E-state index in [9.17, 15) is 18.0 Å². The highest BCUT2D eigenvalue weighted by Gasteiger charge is 2.30. The van der Waals surface area contributed by atoms with Gasteiger partial charge in [-0.3, -0.25) is 5.32 Å². The molecule has 0 aliphatic rings. The van der Waals surface area contributed by atoms with E-state index in [4.69, 9.17) is 0 Å². The van der Waals surface area contributed by atoms with Gasteiger partial charge in [0.15, 0.2) is 5.82 Å². The Morgan fingerprint density at radius 3 is 2.52 bits per heavy atom. The Kier molecular flexibility index (Phi) is 4.80. The lowest BCUT2D eigenvalue weighted by molar-refractivity contribution is -0.137. The summed E-state index contributed by atoms with van der Waals surface area (Å²) < 4.78 is 39.8. The number of halogens is 3. The maximum absolute atomic E-state index is 12.7. The molecule has 0 bridgehead atoms. The summed E-state index contributed by atoms with van der Waals surface area (Å²) >= 11 is 0. The largest absolute Gasteiger partial charge is 0.416 e. The first-order valence-electron chi connectivity index (χ1n) is 7.83. The monoisotopic (exact) mass is 376 g/mol. The Bertz CT molecular complexity index is 983. The minimum absolute atomic E-state index is 0.00940. The lowest BCUT2D eigenvalue weighted by Crippen LogP contribution is -2.21. The first-order chi connectivity index (χ1) is 12.7. The minimum Gasteiger partial charge on any atom is -0.308 e. The van der Waals surface area contributed by atoms with Crippen LogP contribution in [0.4, 0.5) is 29.5 Å². The van der Waals surface area contributed by atoms with Crippen LogP contribution < -0.4 is 10.6 Å². The van der Waals surface area contributed by atoms with Crippen molar-refractivity contribution < 1.29 is 18.0 Å². The van der Waals surface area contributed by atoms with E-state index in [1.54, 1.807) is 4.68 Å². The van der Waals surface area contributed by atoms with Gasteiger partial charge in [-0.2, -0.15) is 18.3 Å². The van der Waals surface area contributed by atoms with E-state index in [1.165, 1.54) is 24.5 Å². The van der Waals surface area contributed by atoms with Crippen molar-refractivity contribution in [1.29, 1.82) is 0 Å². The summed E-state index contributed by atoms with van der Waals surface area (Å²) in [5.74, 6) is 0.627. The van der Waals surface area contributed by atoms with Gasteiger partial charge in [0.1, 0.15) is 12.1 Å². The second-order valence-corrected chi connectivity index (χ2v) is 5.76. The Morgan fingerprint density at radius 2 is 1.85 bits per heavy atom. The number of aryl methyl sites for hydroxylation is 2. The lowest BCUT2D eigenvalue weighted by Gasteiger charge is -2.11. The highest BCUT2D eigenvalue weighted by molar-refractivity contribution is 5.99. The number of nitrogens with one attached hydrogen (secondary N) is 2. The Labute approximate surface area is 152 Å². The zero-order chi connectivity index (χ0) is 19.6. The van der Waals surface area contributed by atoms with Crippen molar-refractivity contribution in [1.82, 2.24) is 19.7 Å². The highest BCUT2D eigenvalue weighted by atomic mass is 19.4. The molecule has 2 amide bonds. The third kappa shape index (κ3) is 4.40. The SMILES string of the molecule is Cc1cc(C)n(-c2cc(NC(=O)Nc3cccc(C(F)(F)F)c3)ncn2)n1. The van der Waals surface area contributed by atoms with Crippen LogP contribution in [0.15, 0.2) is 42.7 Å². The number of carbonyl (C=O) groups is 1. The van der Waals surface area contributed by atoms with E-state index in [0.29, 0.717) is 5.82 Å². The lowest BCUT2D eigenvalue weighted by atomic mass is 10.2. The molecular weight excluding hydrogens is 361 g/mol. The second-order valence-electron chi connectivity index (χ2n) is 5.76. The van der Waals surface area contributed by atoms with E-state index >= 15 is 0 Å². The van der Waals surface area contributed by atoms with E-state index < -0.39 is 17.8 Å². The molecule has 10 heteroatoms. The van der Waals surface area contributed by atoms with Crippen molar-refractivity contribution in [2.75, 3.05) is 10.6 Å².